The van der Waals surface area contributed by atoms with Crippen molar-refractivity contribution in [3.63, 3.8) is 0 Å². The van der Waals surface area contributed by atoms with Crippen LogP contribution in [0, 0.1) is 4.11 Å². The molecule has 1 nitrogen and oxygen atoms in total. The van der Waals surface area contributed by atoms with Gasteiger partial charge in [-0.15, -0.1) is 0 Å². The Kier molecular flexibility index (Phi) is 3.30. The summed E-state index contributed by atoms with van der Waals surface area (Å²) in [6, 6.07) is 0. The Bertz CT molecular complexity index is 20.9. The van der Waals surface area contributed by atoms with E-state index in [1.54, 1.807) is 7.11 Å². The molecule has 0 bridgehead atoms. The van der Waals surface area contributed by atoms with Crippen molar-refractivity contribution >= 4 is 22.6 Å². The average molecular weight is 185 g/mol. The van der Waals surface area contributed by atoms with E-state index in [2.05, 4.69) is 27.3 Å². The quantitative estimate of drug-likeness (QED) is 0.563. The second-order valence-corrected chi connectivity index (χ2v) is 2.19. The fourth-order valence-electron chi connectivity index (χ4n) is 0. The topological polar surface area (TPSA) is 9.23 Å². The van der Waals surface area contributed by atoms with Gasteiger partial charge >= 0.3 is 0 Å². The Morgan fingerprint density at radius 2 is 2.00 bits per heavy atom. The molecule has 0 saturated carbocycles. The molecule has 0 fully saturated rings. The van der Waals surface area contributed by atoms with Crippen LogP contribution in [0.15, 0.2) is 0 Å². The van der Waals surface area contributed by atoms with Crippen LogP contribution >= 0.6 is 22.6 Å². The molecule has 0 aliphatic rings. The monoisotopic (exact) mass is 185 g/mol. The molecule has 1 radical (unpaired) electrons. The third-order valence-corrected chi connectivity index (χ3v) is 0.722. The Labute approximate surface area is 45.8 Å². The number of halogens is 1. The second kappa shape index (κ2) is 2.90. The molecule has 0 aliphatic heterocycles. The Morgan fingerprint density at radius 3 is 2.00 bits per heavy atom. The van der Waals surface area contributed by atoms with Gasteiger partial charge in [-0.05, 0) is 29.5 Å². The maximum absolute atomic E-state index is 4.65. The Morgan fingerprint density at radius 1 is 1.80 bits per heavy atom. The molecule has 0 atom stereocenters. The van der Waals surface area contributed by atoms with Gasteiger partial charge in [0, 0.05) is 7.11 Å². The number of hydrogen-bond acceptors (Lipinski definition) is 1. The molecule has 0 amide bonds. The molecule has 0 unspecified atom stereocenters. The van der Waals surface area contributed by atoms with Gasteiger partial charge in [-0.1, -0.05) is 0 Å². The highest BCUT2D eigenvalue weighted by Crippen LogP contribution is 2.06. The van der Waals surface area contributed by atoms with Crippen molar-refractivity contribution in [1.82, 2.24) is 0 Å². The van der Waals surface area contributed by atoms with Gasteiger partial charge in [-0.2, -0.15) is 0 Å². The molecule has 0 N–H and O–H groups in total. The van der Waals surface area contributed by atoms with Crippen LogP contribution in [-0.2, 0) is 4.74 Å². The van der Waals surface area contributed by atoms with Crippen molar-refractivity contribution in [3.05, 3.63) is 4.11 Å². The Balaban J connectivity index is 2.54. The molecular formula is C3H6IO. The summed E-state index contributed by atoms with van der Waals surface area (Å²) in [6.45, 7) is 1.90. The zero-order valence-corrected chi connectivity index (χ0v) is 5.44. The van der Waals surface area contributed by atoms with Gasteiger partial charge in [0.1, 0.15) is 0 Å². The first-order chi connectivity index (χ1) is 2.27. The van der Waals surface area contributed by atoms with Gasteiger partial charge in [-0.3, -0.25) is 0 Å². The van der Waals surface area contributed by atoms with E-state index in [4.69, 9.17) is 0 Å². The van der Waals surface area contributed by atoms with Gasteiger partial charge in [0.05, 0.1) is 0 Å². The van der Waals surface area contributed by atoms with Crippen molar-refractivity contribution < 1.29 is 4.74 Å². The fraction of sp³-hybridized carbons (Fsp3) is 0.667. The summed E-state index contributed by atoms with van der Waals surface area (Å²) in [5.41, 5.74) is 0. The van der Waals surface area contributed by atoms with Crippen molar-refractivity contribution in [3.8, 4) is 0 Å². The SMILES string of the molecule is CO[C](C)I. The van der Waals surface area contributed by atoms with E-state index in [0.29, 0.717) is 0 Å². The first-order valence-electron chi connectivity index (χ1n) is 1.30. The minimum Gasteiger partial charge on any atom is -0.364 e. The van der Waals surface area contributed by atoms with Crippen LogP contribution in [0.2, 0.25) is 0 Å². The molecule has 0 saturated heterocycles. The summed E-state index contributed by atoms with van der Waals surface area (Å²) in [7, 11) is 1.65. The van der Waals surface area contributed by atoms with E-state index >= 15 is 0 Å². The third kappa shape index (κ3) is 4.69. The number of methoxy groups -OCH3 is 1. The summed E-state index contributed by atoms with van der Waals surface area (Å²) in [5.74, 6) is 0. The van der Waals surface area contributed by atoms with Gasteiger partial charge in [-0.25, -0.2) is 0 Å². The lowest BCUT2D eigenvalue weighted by molar-refractivity contribution is 0.274. The predicted molar refractivity (Wildman–Crippen MR) is 29.9 cm³/mol. The fourth-order valence-corrected chi connectivity index (χ4v) is 0. The van der Waals surface area contributed by atoms with Crippen LogP contribution in [0.25, 0.3) is 0 Å². The predicted octanol–water partition coefficient (Wildman–Crippen LogP) is 1.58. The van der Waals surface area contributed by atoms with E-state index in [0.717, 1.165) is 4.11 Å². The van der Waals surface area contributed by atoms with Crippen LogP contribution in [0.3, 0.4) is 0 Å². The molecule has 0 aromatic rings. The Hall–Kier alpha value is 0.690. The van der Waals surface area contributed by atoms with Gasteiger partial charge < -0.3 is 4.74 Å². The average Bonchev–Trinajstić information content (AvgIpc) is 1.38. The molecule has 0 aromatic heterocycles. The second-order valence-electron chi connectivity index (χ2n) is 0.674. The first kappa shape index (κ1) is 5.69. The smallest absolute Gasteiger partial charge is 0.153 e. The van der Waals surface area contributed by atoms with Crippen molar-refractivity contribution in [2.45, 2.75) is 6.92 Å². The largest absolute Gasteiger partial charge is 0.364 e. The van der Waals surface area contributed by atoms with E-state index in [1.807, 2.05) is 6.92 Å². The van der Waals surface area contributed by atoms with Crippen molar-refractivity contribution in [1.29, 1.82) is 0 Å². The highest BCUT2D eigenvalue weighted by Gasteiger charge is 1.84. The summed E-state index contributed by atoms with van der Waals surface area (Å²) in [6.07, 6.45) is 0. The van der Waals surface area contributed by atoms with Crippen LogP contribution in [0.1, 0.15) is 6.92 Å². The van der Waals surface area contributed by atoms with Gasteiger partial charge in [0.25, 0.3) is 0 Å². The molecule has 0 heterocycles. The van der Waals surface area contributed by atoms with Gasteiger partial charge in [0.2, 0.25) is 0 Å². The van der Waals surface area contributed by atoms with Crippen LogP contribution < -0.4 is 0 Å². The zero-order chi connectivity index (χ0) is 4.28. The minimum absolute atomic E-state index is 0.975. The molecule has 0 aliphatic carbocycles. The highest BCUT2D eigenvalue weighted by molar-refractivity contribution is 14.1. The molecule has 5 heavy (non-hydrogen) atoms. The third-order valence-electron chi connectivity index (χ3n) is 0.281. The highest BCUT2D eigenvalue weighted by atomic mass is 127. The van der Waals surface area contributed by atoms with Crippen LogP contribution in [0.4, 0.5) is 0 Å². The van der Waals surface area contributed by atoms with Crippen molar-refractivity contribution in [2.75, 3.05) is 7.11 Å². The van der Waals surface area contributed by atoms with Crippen LogP contribution in [0.5, 0.6) is 0 Å². The molecule has 0 rings (SSSR count). The first-order valence-corrected chi connectivity index (χ1v) is 2.38. The molecular weight excluding hydrogens is 179 g/mol. The summed E-state index contributed by atoms with van der Waals surface area (Å²) in [5, 5.41) is 0. The lowest BCUT2D eigenvalue weighted by atomic mass is 10.9. The van der Waals surface area contributed by atoms with Gasteiger partial charge in [0.15, 0.2) is 4.11 Å². The molecule has 0 spiro atoms. The summed E-state index contributed by atoms with van der Waals surface area (Å²) >= 11 is 2.10. The molecule has 0 aromatic carbocycles. The number of ether oxygens (including phenoxy) is 1. The van der Waals surface area contributed by atoms with E-state index in [1.165, 1.54) is 0 Å². The standard InChI is InChI=1S/C3H6IO/c1-3(4)5-2/h1-2H3. The van der Waals surface area contributed by atoms with Crippen LogP contribution in [-0.4, -0.2) is 7.11 Å². The lowest BCUT2D eigenvalue weighted by Gasteiger charge is -1.90. The maximum Gasteiger partial charge on any atom is 0.153 e. The lowest BCUT2D eigenvalue weighted by Crippen LogP contribution is -1.76. The van der Waals surface area contributed by atoms with E-state index in [-0.39, 0.29) is 0 Å². The zero-order valence-electron chi connectivity index (χ0n) is 3.29. The number of hydrogen-bond donors (Lipinski definition) is 0. The number of rotatable bonds is 1. The van der Waals surface area contributed by atoms with E-state index in [9.17, 15) is 0 Å². The summed E-state index contributed by atoms with van der Waals surface area (Å²) in [4.78, 5) is 0. The maximum atomic E-state index is 4.65. The normalized spacial score (nSPS) is 9.60. The molecule has 31 valence electrons. The van der Waals surface area contributed by atoms with E-state index < -0.39 is 0 Å². The molecule has 2 heteroatoms. The summed E-state index contributed by atoms with van der Waals surface area (Å²) < 4.78 is 5.63. The van der Waals surface area contributed by atoms with Crippen molar-refractivity contribution in [2.24, 2.45) is 0 Å². The minimum atomic E-state index is 0.975.